The third kappa shape index (κ3) is 6.21. The lowest BCUT2D eigenvalue weighted by Gasteiger charge is -2.38. The first-order chi connectivity index (χ1) is 11.7. The van der Waals surface area contributed by atoms with Crippen molar-refractivity contribution in [1.29, 1.82) is 0 Å². The van der Waals surface area contributed by atoms with Crippen LogP contribution in [0.4, 0.5) is 0 Å². The molecule has 7 nitrogen and oxygen atoms in total. The summed E-state index contributed by atoms with van der Waals surface area (Å²) in [5.74, 6) is 1.58. The van der Waals surface area contributed by atoms with E-state index in [1.165, 1.54) is 0 Å². The molecule has 1 aliphatic rings. The molecule has 1 aliphatic heterocycles. The molecule has 0 fully saturated rings. The zero-order valence-corrected chi connectivity index (χ0v) is 16.1. The van der Waals surface area contributed by atoms with Crippen LogP contribution in [0.2, 0.25) is 0 Å². The summed E-state index contributed by atoms with van der Waals surface area (Å²) in [6, 6.07) is 8.12. The zero-order valence-electron chi connectivity index (χ0n) is 15.3. The van der Waals surface area contributed by atoms with Crippen molar-refractivity contribution in [3.63, 3.8) is 0 Å². The van der Waals surface area contributed by atoms with E-state index in [0.717, 1.165) is 24.0 Å². The number of benzene rings is 1. The highest BCUT2D eigenvalue weighted by Gasteiger charge is 2.33. The molecule has 1 atom stereocenters. The predicted molar refractivity (Wildman–Crippen MR) is 100 cm³/mol. The summed E-state index contributed by atoms with van der Waals surface area (Å²) in [6.07, 6.45) is 2.65. The van der Waals surface area contributed by atoms with Crippen LogP contribution in [-0.4, -0.2) is 46.4 Å². The lowest BCUT2D eigenvalue weighted by Crippen LogP contribution is -2.45. The molecule has 0 radical (unpaired) electrons. The second-order valence-electron chi connectivity index (χ2n) is 6.82. The van der Waals surface area contributed by atoms with E-state index in [2.05, 4.69) is 40.3 Å². The number of nitrogens with one attached hydrogen (secondary N) is 3. The first-order valence-corrected chi connectivity index (χ1v) is 10.3. The zero-order chi connectivity index (χ0) is 18.5. The van der Waals surface area contributed by atoms with E-state index >= 15 is 0 Å². The molecule has 0 spiro atoms. The van der Waals surface area contributed by atoms with Crippen molar-refractivity contribution in [2.24, 2.45) is 4.99 Å². The van der Waals surface area contributed by atoms with Crippen molar-refractivity contribution in [3.05, 3.63) is 29.8 Å². The van der Waals surface area contributed by atoms with Crippen LogP contribution in [0.1, 0.15) is 38.3 Å². The number of hydrogen-bond donors (Lipinski definition) is 3. The Morgan fingerprint density at radius 3 is 2.72 bits per heavy atom. The first-order valence-electron chi connectivity index (χ1n) is 8.40. The second kappa shape index (κ2) is 8.05. The van der Waals surface area contributed by atoms with E-state index < -0.39 is 10.0 Å². The molecule has 0 amide bonds. The Labute approximate surface area is 150 Å². The Morgan fingerprint density at radius 2 is 2.04 bits per heavy atom. The van der Waals surface area contributed by atoms with Gasteiger partial charge < -0.3 is 15.4 Å². The highest BCUT2D eigenvalue weighted by Crippen LogP contribution is 2.39. The monoisotopic (exact) mass is 368 g/mol. The molecule has 0 saturated heterocycles. The van der Waals surface area contributed by atoms with Gasteiger partial charge in [0.1, 0.15) is 11.4 Å². The van der Waals surface area contributed by atoms with Crippen molar-refractivity contribution in [2.75, 3.05) is 26.4 Å². The van der Waals surface area contributed by atoms with Gasteiger partial charge in [-0.2, -0.15) is 0 Å². The molecule has 1 heterocycles. The average molecular weight is 369 g/mol. The third-order valence-electron chi connectivity index (χ3n) is 3.92. The number of fused-ring (bicyclic) bond motifs is 1. The normalized spacial score (nSPS) is 19.7. The number of ether oxygens (including phenoxy) is 1. The van der Waals surface area contributed by atoms with Crippen molar-refractivity contribution in [3.8, 4) is 5.75 Å². The van der Waals surface area contributed by atoms with E-state index in [0.29, 0.717) is 25.5 Å². The first kappa shape index (κ1) is 19.5. The number of aliphatic imine (C=N–C) groups is 1. The van der Waals surface area contributed by atoms with Gasteiger partial charge in [0.2, 0.25) is 10.0 Å². The van der Waals surface area contributed by atoms with Crippen molar-refractivity contribution >= 4 is 16.0 Å². The van der Waals surface area contributed by atoms with Gasteiger partial charge in [-0.05, 0) is 26.3 Å². The molecule has 1 aromatic carbocycles. The predicted octanol–water partition coefficient (Wildman–Crippen LogP) is 1.39. The van der Waals surface area contributed by atoms with Gasteiger partial charge in [0, 0.05) is 32.1 Å². The van der Waals surface area contributed by atoms with Crippen LogP contribution in [0.3, 0.4) is 0 Å². The van der Waals surface area contributed by atoms with Gasteiger partial charge in [-0.1, -0.05) is 18.2 Å². The van der Waals surface area contributed by atoms with Gasteiger partial charge in [-0.3, -0.25) is 4.99 Å². The van der Waals surface area contributed by atoms with E-state index in [4.69, 9.17) is 4.74 Å². The summed E-state index contributed by atoms with van der Waals surface area (Å²) < 4.78 is 30.6. The number of rotatable bonds is 6. The molecular weight excluding hydrogens is 340 g/mol. The molecule has 1 aromatic rings. The maximum Gasteiger partial charge on any atom is 0.208 e. The molecule has 8 heteroatoms. The average Bonchev–Trinajstić information content (AvgIpc) is 2.51. The van der Waals surface area contributed by atoms with Crippen LogP contribution >= 0.6 is 0 Å². The van der Waals surface area contributed by atoms with Crippen molar-refractivity contribution in [2.45, 2.75) is 38.3 Å². The fraction of sp³-hybridized carbons (Fsp3) is 0.588. The number of nitrogens with zero attached hydrogens (tertiary/aromatic N) is 1. The highest BCUT2D eigenvalue weighted by molar-refractivity contribution is 7.88. The molecule has 0 saturated carbocycles. The van der Waals surface area contributed by atoms with E-state index in [1.54, 1.807) is 7.05 Å². The molecule has 0 aliphatic carbocycles. The lowest BCUT2D eigenvalue weighted by atomic mass is 9.90. The van der Waals surface area contributed by atoms with Gasteiger partial charge in [0.05, 0.1) is 12.3 Å². The summed E-state index contributed by atoms with van der Waals surface area (Å²) in [7, 11) is -1.41. The number of hydrogen-bond acceptors (Lipinski definition) is 4. The second-order valence-corrected chi connectivity index (χ2v) is 8.65. The van der Waals surface area contributed by atoms with E-state index in [-0.39, 0.29) is 11.6 Å². The molecule has 3 N–H and O–H groups in total. The van der Waals surface area contributed by atoms with Gasteiger partial charge in [0.25, 0.3) is 0 Å². The number of guanidine groups is 1. The van der Waals surface area contributed by atoms with E-state index in [9.17, 15) is 8.42 Å². The van der Waals surface area contributed by atoms with Gasteiger partial charge in [-0.15, -0.1) is 0 Å². The SMILES string of the molecule is CN=C(NCCCNS(C)(=O)=O)NC1CC(C)(C)Oc2ccccc21. The number of sulfonamides is 1. The maximum absolute atomic E-state index is 11.0. The molecule has 140 valence electrons. The molecule has 1 unspecified atom stereocenters. The topological polar surface area (TPSA) is 91.8 Å². The quantitative estimate of drug-likeness (QED) is 0.401. The van der Waals surface area contributed by atoms with Crippen LogP contribution in [-0.2, 0) is 10.0 Å². The molecule has 25 heavy (non-hydrogen) atoms. The van der Waals surface area contributed by atoms with Crippen molar-refractivity contribution in [1.82, 2.24) is 15.4 Å². The molecule has 2 rings (SSSR count). The minimum Gasteiger partial charge on any atom is -0.487 e. The Hall–Kier alpha value is -1.80. The Balaban J connectivity index is 1.93. The fourth-order valence-electron chi connectivity index (χ4n) is 2.84. The van der Waals surface area contributed by atoms with Gasteiger partial charge in [0.15, 0.2) is 5.96 Å². The van der Waals surface area contributed by atoms with Crippen LogP contribution in [0.15, 0.2) is 29.3 Å². The Bertz CT molecular complexity index is 716. The van der Waals surface area contributed by atoms with Crippen LogP contribution < -0.4 is 20.1 Å². The van der Waals surface area contributed by atoms with E-state index in [1.807, 2.05) is 18.2 Å². The minimum absolute atomic E-state index is 0.0975. The Kier molecular flexibility index (Phi) is 6.29. The summed E-state index contributed by atoms with van der Waals surface area (Å²) in [4.78, 5) is 4.26. The van der Waals surface area contributed by atoms with Crippen LogP contribution in [0.25, 0.3) is 0 Å². The summed E-state index contributed by atoms with van der Waals surface area (Å²) >= 11 is 0. The smallest absolute Gasteiger partial charge is 0.208 e. The standard InChI is InChI=1S/C17H28N4O3S/c1-17(2)12-14(13-8-5-6-9-15(13)24-17)21-16(18-3)19-10-7-11-20-25(4,22)23/h5-6,8-9,14,20H,7,10-12H2,1-4H3,(H2,18,19,21). The summed E-state index contributed by atoms with van der Waals surface area (Å²) in [5.41, 5.74) is 0.855. The number of para-hydroxylation sites is 1. The lowest BCUT2D eigenvalue weighted by molar-refractivity contribution is 0.0694. The fourth-order valence-corrected chi connectivity index (χ4v) is 3.36. The molecule has 0 bridgehead atoms. The Morgan fingerprint density at radius 1 is 1.32 bits per heavy atom. The largest absolute Gasteiger partial charge is 0.487 e. The van der Waals surface area contributed by atoms with Gasteiger partial charge in [-0.25, -0.2) is 13.1 Å². The maximum atomic E-state index is 11.0. The summed E-state index contributed by atoms with van der Waals surface area (Å²) in [6.45, 7) is 5.17. The third-order valence-corrected chi connectivity index (χ3v) is 4.65. The molecular formula is C17H28N4O3S. The minimum atomic E-state index is -3.14. The highest BCUT2D eigenvalue weighted by atomic mass is 32.2. The molecule has 0 aromatic heterocycles. The van der Waals surface area contributed by atoms with Crippen LogP contribution in [0, 0.1) is 0 Å². The van der Waals surface area contributed by atoms with Gasteiger partial charge >= 0.3 is 0 Å². The van der Waals surface area contributed by atoms with Crippen LogP contribution in [0.5, 0.6) is 5.75 Å². The van der Waals surface area contributed by atoms with Crippen molar-refractivity contribution < 1.29 is 13.2 Å². The summed E-state index contributed by atoms with van der Waals surface area (Å²) in [5, 5.41) is 6.67.